The number of hydrogen-bond acceptors (Lipinski definition) is 30. The van der Waals surface area contributed by atoms with Gasteiger partial charge in [-0.1, -0.05) is 53.2 Å². The Balaban J connectivity index is 0.956. The van der Waals surface area contributed by atoms with Crippen LogP contribution in [0.25, 0.3) is 0 Å². The normalized spacial score (nSPS) is 54.5. The summed E-state index contributed by atoms with van der Waals surface area (Å²) in [5, 5.41) is 170. The lowest BCUT2D eigenvalue weighted by Gasteiger charge is -2.72. The molecule has 15 N–H and O–H groups in total. The Morgan fingerprint density at radius 2 is 1.21 bits per heavy atom. The van der Waals surface area contributed by atoms with Gasteiger partial charge < -0.3 is 133 Å². The summed E-state index contributed by atoms with van der Waals surface area (Å²) in [6, 6.07) is 0. The van der Waals surface area contributed by atoms with E-state index in [0.717, 1.165) is 12.5 Å². The molecule has 11 fully saturated rings. The predicted molar refractivity (Wildman–Crippen MR) is 312 cm³/mol. The fourth-order valence-electron chi connectivity index (χ4n) is 18.7. The largest absolute Gasteiger partial charge is 0.463 e. The van der Waals surface area contributed by atoms with Gasteiger partial charge in [0.1, 0.15) is 98.2 Å². The molecule has 9 aliphatic heterocycles. The average molecular weight is 1350 g/mol. The maximum atomic E-state index is 15.6. The van der Waals surface area contributed by atoms with Crippen molar-refractivity contribution in [3.63, 3.8) is 0 Å². The molecule has 14 rings (SSSR count). The molecular weight excluding hydrogens is 1250 g/mol. The van der Waals surface area contributed by atoms with Gasteiger partial charge in [0, 0.05) is 5.41 Å². The summed E-state index contributed by atoms with van der Waals surface area (Å²) < 4.78 is 72.4. The van der Waals surface area contributed by atoms with E-state index in [1.807, 2.05) is 0 Å². The highest BCUT2D eigenvalue weighted by Gasteiger charge is 2.72. The van der Waals surface area contributed by atoms with E-state index in [4.69, 9.17) is 56.8 Å². The molecule has 14 aliphatic rings. The minimum absolute atomic E-state index is 0.133. The quantitative estimate of drug-likeness (QED) is 0.0567. The van der Waals surface area contributed by atoms with Gasteiger partial charge in [0.15, 0.2) is 37.4 Å². The van der Waals surface area contributed by atoms with Crippen molar-refractivity contribution in [2.45, 2.75) is 285 Å². The standard InChI is InChI=1S/C64H100O30/c1-26-47-48(90-52-44(78)38(72)30(68)22-84-52)46(80)54(86-26)91-49-39(73)31(69)23-85-55(49)94-57(81)64-15-13-58(2,3)17-28(64)27-9-10-35-60(5)18-29(67)51(61(6,25-66)34(60)11-12-63(35,8)62(27,7)14-16-64)93-56-50(43(77)40(74)32(21-65)87-56)92-53-45(79)42(76)41(75)33(88-53)24-83-36(70)19-59(4,82)20-37(71)89-47/h9,26,28-35,38-56,65-69,72-80,82H,10-25H2,1-8H3/t26-,28?,29-,30+,31-,32+,33+,34?,35?,38-,39-,40+,41+,42-,43-,44+,45+,46+,47-,48-,49+,50+,51-,52-,53-,54-,55-,56-,59-,60-,61-,62+,63+,64-/m0/s1. The Labute approximate surface area is 544 Å². The molecule has 0 radical (unpaired) electrons. The van der Waals surface area contributed by atoms with Gasteiger partial charge in [0.05, 0.1) is 68.6 Å². The van der Waals surface area contributed by atoms with Crippen LogP contribution in [0.5, 0.6) is 0 Å². The van der Waals surface area contributed by atoms with Crippen molar-refractivity contribution in [3.8, 4) is 0 Å². The molecule has 0 aromatic carbocycles. The minimum Gasteiger partial charge on any atom is -0.463 e. The SMILES string of the molecule is C[C@@H]1O[C@H]2O[C@H]3[C@@H](OC[C@H](O)[C@@H]3O)OC(=O)[C@]34CCC(C)(C)CC3C3=CCC5[C@@]6(C)C[C@H](O)[C@H](O[C@@H]7O[C@H](CO)[C@@H](O)[C@H](O)[C@H]7O[C@@H]7O[C@H](COC(=O)C[C@](C)(O)CC(=O)O[C@@H]1[C@@H](O[C@@H]1OC[C@@H](O)[C@H](O)[C@H]1O)[C@H]2O)[C@@H](O)[C@H](O)[C@H]7O)[C@@](C)(CO)C6CC[C@@]5(C)[C@]3(C)CC4. The summed E-state index contributed by atoms with van der Waals surface area (Å²) in [4.78, 5) is 43.1. The van der Waals surface area contributed by atoms with Crippen LogP contribution < -0.4 is 0 Å². The molecule has 9 heterocycles. The summed E-state index contributed by atoms with van der Waals surface area (Å²) >= 11 is 0. The molecule has 94 heavy (non-hydrogen) atoms. The monoisotopic (exact) mass is 1350 g/mol. The first-order chi connectivity index (χ1) is 44.0. The fraction of sp³-hybridized carbons (Fsp3) is 0.922. The molecule has 3 unspecified atom stereocenters. The highest BCUT2D eigenvalue weighted by molar-refractivity contribution is 5.79. The van der Waals surface area contributed by atoms with Gasteiger partial charge in [0.25, 0.3) is 0 Å². The number of ether oxygens (including phenoxy) is 12. The van der Waals surface area contributed by atoms with Crippen LogP contribution in [-0.4, -0.2) is 287 Å². The molecule has 12 bridgehead atoms. The maximum Gasteiger partial charge on any atom is 0.315 e. The van der Waals surface area contributed by atoms with E-state index in [1.165, 1.54) is 6.92 Å². The smallest absolute Gasteiger partial charge is 0.315 e. The topological polar surface area (TPSA) is 465 Å². The van der Waals surface area contributed by atoms with Crippen molar-refractivity contribution >= 4 is 17.9 Å². The Bertz CT molecular complexity index is 2760. The highest BCUT2D eigenvalue weighted by Crippen LogP contribution is 2.76. The van der Waals surface area contributed by atoms with Crippen LogP contribution in [-0.2, 0) is 71.2 Å². The number of carbonyl (C=O) groups is 3. The van der Waals surface area contributed by atoms with E-state index < -0.39 is 250 Å². The van der Waals surface area contributed by atoms with E-state index in [2.05, 4.69) is 40.7 Å². The van der Waals surface area contributed by atoms with Gasteiger partial charge in [-0.05, 0) is 111 Å². The Morgan fingerprint density at radius 3 is 1.90 bits per heavy atom. The summed E-state index contributed by atoms with van der Waals surface area (Å²) in [6.07, 6.45) is -40.1. The summed E-state index contributed by atoms with van der Waals surface area (Å²) in [6.45, 7) is 11.8. The third-order valence-electron chi connectivity index (χ3n) is 24.3. The number of aliphatic hydroxyl groups is 15. The van der Waals surface area contributed by atoms with Crippen LogP contribution in [0.2, 0.25) is 0 Å². The number of aliphatic hydroxyl groups excluding tert-OH is 14. The number of allylic oxidation sites excluding steroid dienone is 2. The first-order valence-corrected chi connectivity index (χ1v) is 33.2. The lowest BCUT2D eigenvalue weighted by atomic mass is 9.33. The van der Waals surface area contributed by atoms with Crippen molar-refractivity contribution in [1.29, 1.82) is 0 Å². The molecule has 30 heteroatoms. The summed E-state index contributed by atoms with van der Waals surface area (Å²) in [5.74, 6) is -3.98. The summed E-state index contributed by atoms with van der Waals surface area (Å²) in [7, 11) is 0. The molecule has 34 atom stereocenters. The van der Waals surface area contributed by atoms with Crippen molar-refractivity contribution in [1.82, 2.24) is 0 Å². The number of hydrogen-bond donors (Lipinski definition) is 15. The molecule has 5 aliphatic carbocycles. The van der Waals surface area contributed by atoms with Gasteiger partial charge in [0.2, 0.25) is 6.29 Å². The van der Waals surface area contributed by atoms with Gasteiger partial charge in [-0.2, -0.15) is 0 Å². The second kappa shape index (κ2) is 26.6. The van der Waals surface area contributed by atoms with Crippen molar-refractivity contribution < 1.29 is 148 Å². The first-order valence-electron chi connectivity index (χ1n) is 33.2. The zero-order valence-electron chi connectivity index (χ0n) is 54.4. The van der Waals surface area contributed by atoms with Crippen LogP contribution >= 0.6 is 0 Å². The molecule has 30 nitrogen and oxygen atoms in total. The molecule has 4 saturated carbocycles. The van der Waals surface area contributed by atoms with E-state index in [-0.39, 0.29) is 29.6 Å². The van der Waals surface area contributed by atoms with Crippen LogP contribution in [0, 0.1) is 50.2 Å². The van der Waals surface area contributed by atoms with Gasteiger partial charge in [-0.25, -0.2) is 0 Å². The van der Waals surface area contributed by atoms with Crippen molar-refractivity contribution in [2.75, 3.05) is 33.0 Å². The lowest BCUT2D eigenvalue weighted by Crippen LogP contribution is -2.70. The Hall–Kier alpha value is -2.81. The second-order valence-corrected chi connectivity index (χ2v) is 31.0. The van der Waals surface area contributed by atoms with Crippen molar-refractivity contribution in [3.05, 3.63) is 11.6 Å². The zero-order valence-corrected chi connectivity index (χ0v) is 54.4. The summed E-state index contributed by atoms with van der Waals surface area (Å²) in [5.41, 5.74) is -5.65. The molecule has 0 aromatic rings. The lowest BCUT2D eigenvalue weighted by molar-refractivity contribution is -0.384. The Kier molecular flexibility index (Phi) is 20.5. The zero-order chi connectivity index (χ0) is 68.5. The molecule has 0 amide bonds. The van der Waals surface area contributed by atoms with Crippen LogP contribution in [0.15, 0.2) is 11.6 Å². The molecule has 1 spiro atoms. The molecule has 536 valence electrons. The Morgan fingerprint density at radius 1 is 0.564 bits per heavy atom. The van der Waals surface area contributed by atoms with Gasteiger partial charge in [-0.3, -0.25) is 14.4 Å². The van der Waals surface area contributed by atoms with Crippen LogP contribution in [0.4, 0.5) is 0 Å². The maximum absolute atomic E-state index is 15.6. The highest BCUT2D eigenvalue weighted by atomic mass is 16.8. The molecular formula is C64H100O30. The fourth-order valence-corrected chi connectivity index (χ4v) is 18.7. The number of carbonyl (C=O) groups excluding carboxylic acids is 3. The third-order valence-corrected chi connectivity index (χ3v) is 24.3. The third kappa shape index (κ3) is 12.5. The molecule has 7 saturated heterocycles. The predicted octanol–water partition coefficient (Wildman–Crippen LogP) is -3.32. The minimum atomic E-state index is -2.31. The van der Waals surface area contributed by atoms with Gasteiger partial charge in [-0.15, -0.1) is 0 Å². The van der Waals surface area contributed by atoms with Crippen LogP contribution in [0.1, 0.15) is 126 Å². The molecule has 0 aromatic heterocycles. The number of rotatable bonds is 4. The van der Waals surface area contributed by atoms with Gasteiger partial charge >= 0.3 is 17.9 Å². The van der Waals surface area contributed by atoms with Crippen molar-refractivity contribution in [2.24, 2.45) is 50.2 Å². The second-order valence-electron chi connectivity index (χ2n) is 31.0. The van der Waals surface area contributed by atoms with E-state index in [0.29, 0.717) is 51.4 Å². The van der Waals surface area contributed by atoms with Crippen LogP contribution in [0.3, 0.4) is 0 Å². The average Bonchev–Trinajstić information content (AvgIpc) is 0.675. The van der Waals surface area contributed by atoms with E-state index in [9.17, 15) is 86.2 Å². The first kappa shape index (κ1) is 72.4. The number of esters is 3. The van der Waals surface area contributed by atoms with E-state index >= 15 is 4.79 Å². The van der Waals surface area contributed by atoms with E-state index in [1.54, 1.807) is 6.92 Å².